The Morgan fingerprint density at radius 3 is 1.45 bits per heavy atom. The number of fused-ring (bicyclic) bond motifs is 10. The van der Waals surface area contributed by atoms with Gasteiger partial charge >= 0.3 is 0 Å². The van der Waals surface area contributed by atoms with Gasteiger partial charge in [0.25, 0.3) is 0 Å². The summed E-state index contributed by atoms with van der Waals surface area (Å²) in [5.41, 5.74) is 4.87. The topological polar surface area (TPSA) is 103 Å². The zero-order chi connectivity index (χ0) is 43.6. The van der Waals surface area contributed by atoms with Crippen LogP contribution < -0.4 is 18.9 Å². The summed E-state index contributed by atoms with van der Waals surface area (Å²) in [7, 11) is 3.35. The van der Waals surface area contributed by atoms with Gasteiger partial charge in [0.05, 0.1) is 48.5 Å². The van der Waals surface area contributed by atoms with Crippen molar-refractivity contribution in [2.75, 3.05) is 40.4 Å². The molecule has 2 unspecified atom stereocenters. The van der Waals surface area contributed by atoms with Crippen molar-refractivity contribution in [3.05, 3.63) is 131 Å². The molecule has 10 atom stereocenters. The lowest BCUT2D eigenvalue weighted by molar-refractivity contribution is -0.0493. The number of nitrogens with zero attached hydrogens (tertiary/aromatic N) is 4. The van der Waals surface area contributed by atoms with Crippen LogP contribution in [0.5, 0.6) is 23.0 Å². The van der Waals surface area contributed by atoms with E-state index < -0.39 is 12.2 Å². The van der Waals surface area contributed by atoms with Gasteiger partial charge in [-0.3, -0.25) is 29.4 Å². The molecule has 0 amide bonds. The number of ketones is 2. The Morgan fingerprint density at radius 2 is 1.06 bits per heavy atom. The third-order valence-electron chi connectivity index (χ3n) is 15.7. The molecule has 6 aromatic rings. The minimum absolute atomic E-state index is 0.0377. The summed E-state index contributed by atoms with van der Waals surface area (Å²) in [6.45, 7) is 8.58. The standard InChI is InChI=1S/C54H56N4O6/c1-5-31-29-57-23-19-33(31)25-45(57)53(39-17-21-55-43-13-11-35(61-3)27-41(39)43)63-47-15-16-48(50-49(47)51(59)37-9-7-8-10-38(37)52(50)60)64-54(46-26-34-20-24-58(46)30-32(34)6-2)40-18-22-56-44-14-12-36(62-4)28-42(40)44/h7-18,21-22,27-28,31-34,45-46,53-54H,5-6,19-20,23-26,29-30H2,1-4H3/t31-,32-,33-,34-,45-,46-,53+,54+/m0/s1. The normalized spacial score (nSPS) is 26.6. The molecule has 8 heterocycles. The number of hydrogen-bond donors (Lipinski definition) is 0. The third-order valence-corrected chi connectivity index (χ3v) is 15.7. The number of piperidine rings is 6. The van der Waals surface area contributed by atoms with E-state index in [1.807, 2.05) is 85.2 Å². The van der Waals surface area contributed by atoms with Crippen molar-refractivity contribution in [2.45, 2.75) is 76.7 Å². The number of carbonyl (C=O) groups excluding carboxylic acids is 2. The number of benzene rings is 4. The van der Waals surface area contributed by atoms with Gasteiger partial charge in [-0.1, -0.05) is 51.0 Å². The summed E-state index contributed by atoms with van der Waals surface area (Å²) < 4.78 is 26.3. The Morgan fingerprint density at radius 1 is 0.609 bits per heavy atom. The Bertz CT molecular complexity index is 2600. The highest BCUT2D eigenvalue weighted by molar-refractivity contribution is 6.30. The maximum atomic E-state index is 15.1. The molecule has 0 radical (unpaired) electrons. The van der Waals surface area contributed by atoms with Gasteiger partial charge < -0.3 is 18.9 Å². The van der Waals surface area contributed by atoms with Crippen molar-refractivity contribution in [3.8, 4) is 23.0 Å². The highest BCUT2D eigenvalue weighted by Gasteiger charge is 2.47. The van der Waals surface area contributed by atoms with Gasteiger partial charge in [0.1, 0.15) is 35.2 Å². The minimum Gasteiger partial charge on any atom is -0.497 e. The lowest BCUT2D eigenvalue weighted by atomic mass is 9.72. The average Bonchev–Trinajstić information content (AvgIpc) is 3.36. The van der Waals surface area contributed by atoms with Crippen molar-refractivity contribution < 1.29 is 28.5 Å². The van der Waals surface area contributed by atoms with Gasteiger partial charge in [0.2, 0.25) is 0 Å². The van der Waals surface area contributed by atoms with Gasteiger partial charge in [-0.25, -0.2) is 0 Å². The molecule has 64 heavy (non-hydrogen) atoms. The Balaban J connectivity index is 1.07. The van der Waals surface area contributed by atoms with Gasteiger partial charge in [0, 0.05) is 58.5 Å². The van der Waals surface area contributed by atoms with E-state index in [0.717, 1.165) is 109 Å². The predicted octanol–water partition coefficient (Wildman–Crippen LogP) is 10.1. The molecule has 0 N–H and O–H groups in total. The Hall–Kier alpha value is -5.84. The number of hydrogen-bond acceptors (Lipinski definition) is 10. The second-order valence-corrected chi connectivity index (χ2v) is 18.7. The van der Waals surface area contributed by atoms with Crippen LogP contribution in [-0.2, 0) is 0 Å². The fourth-order valence-corrected chi connectivity index (χ4v) is 12.3. The summed E-state index contributed by atoms with van der Waals surface area (Å²) in [6.07, 6.45) is 9.30. The predicted molar refractivity (Wildman–Crippen MR) is 247 cm³/mol. The van der Waals surface area contributed by atoms with Crippen molar-refractivity contribution in [1.82, 2.24) is 19.8 Å². The fraction of sp³-hybridized carbons (Fsp3) is 0.407. The number of ether oxygens (including phenoxy) is 4. The van der Waals surface area contributed by atoms with Crippen molar-refractivity contribution in [3.63, 3.8) is 0 Å². The lowest BCUT2D eigenvalue weighted by Crippen LogP contribution is -2.56. The van der Waals surface area contributed by atoms with Crippen LogP contribution >= 0.6 is 0 Å². The number of rotatable bonds is 12. The molecule has 1 aliphatic carbocycles. The van der Waals surface area contributed by atoms with Crippen LogP contribution in [0.25, 0.3) is 21.8 Å². The van der Waals surface area contributed by atoms with Crippen molar-refractivity contribution in [2.24, 2.45) is 23.7 Å². The van der Waals surface area contributed by atoms with E-state index in [-0.39, 0.29) is 34.8 Å². The third kappa shape index (κ3) is 6.83. The van der Waals surface area contributed by atoms with Crippen LogP contribution in [0.2, 0.25) is 0 Å². The molecule has 6 aliphatic heterocycles. The van der Waals surface area contributed by atoms with Crippen LogP contribution in [0.3, 0.4) is 0 Å². The Kier molecular flexibility index (Phi) is 10.6. The van der Waals surface area contributed by atoms with E-state index in [2.05, 4.69) is 23.6 Å². The maximum absolute atomic E-state index is 15.1. The number of methoxy groups -OCH3 is 2. The minimum atomic E-state index is -0.475. The molecule has 4 aromatic carbocycles. The highest BCUT2D eigenvalue weighted by atomic mass is 16.5. The molecule has 7 aliphatic rings. The largest absolute Gasteiger partial charge is 0.497 e. The van der Waals surface area contributed by atoms with E-state index in [9.17, 15) is 0 Å². The van der Waals surface area contributed by atoms with Gasteiger partial charge in [-0.15, -0.1) is 0 Å². The average molecular weight is 857 g/mol. The van der Waals surface area contributed by atoms with Crippen molar-refractivity contribution in [1.29, 1.82) is 0 Å². The molecule has 328 valence electrons. The molecule has 4 bridgehead atoms. The second kappa shape index (κ2) is 16.6. The van der Waals surface area contributed by atoms with Crippen LogP contribution in [0.15, 0.2) is 97.3 Å². The molecular weight excluding hydrogens is 801 g/mol. The molecular formula is C54H56N4O6. The fourth-order valence-electron chi connectivity index (χ4n) is 12.3. The molecule has 2 aromatic heterocycles. The van der Waals surface area contributed by atoms with Gasteiger partial charge in [0.15, 0.2) is 11.6 Å². The van der Waals surface area contributed by atoms with E-state index in [1.165, 1.54) is 0 Å². The highest BCUT2D eigenvalue weighted by Crippen LogP contribution is 2.49. The zero-order valence-electron chi connectivity index (χ0n) is 37.2. The Labute approximate surface area is 374 Å². The van der Waals surface area contributed by atoms with E-state index >= 15 is 9.59 Å². The molecule has 6 saturated heterocycles. The van der Waals surface area contributed by atoms with Crippen LogP contribution in [0.4, 0.5) is 0 Å². The number of pyridine rings is 2. The van der Waals surface area contributed by atoms with E-state index in [4.69, 9.17) is 28.9 Å². The number of aromatic nitrogens is 2. The van der Waals surface area contributed by atoms with Crippen LogP contribution in [0, 0.1) is 23.7 Å². The summed E-state index contributed by atoms with van der Waals surface area (Å²) in [5, 5.41) is 1.88. The van der Waals surface area contributed by atoms with E-state index in [0.29, 0.717) is 46.3 Å². The molecule has 6 fully saturated rings. The summed E-state index contributed by atoms with van der Waals surface area (Å²) in [5.74, 6) is 4.15. The quantitative estimate of drug-likeness (QED) is 0.118. The first-order valence-corrected chi connectivity index (χ1v) is 23.4. The molecule has 13 rings (SSSR count). The van der Waals surface area contributed by atoms with Gasteiger partial charge in [-0.05, 0) is 123 Å². The molecule has 0 saturated carbocycles. The molecule has 10 nitrogen and oxygen atoms in total. The summed E-state index contributed by atoms with van der Waals surface area (Å²) in [4.78, 5) is 45.0. The maximum Gasteiger partial charge on any atom is 0.198 e. The SMILES string of the molecule is CC[C@H]1CN2CC[C@H]1C[C@H]2[C@H](Oc1ccc(O[C@H](c2ccnc3ccc(OC)cc23)[C@@H]2C[C@@H]3CCN2C[C@@H]3CC)c2c1C(=O)c1ccccc1C2=O)c1ccnc2ccc(OC)cc12. The zero-order valence-corrected chi connectivity index (χ0v) is 37.2. The molecule has 0 spiro atoms. The first kappa shape index (κ1) is 40.9. The first-order valence-electron chi connectivity index (χ1n) is 23.4. The monoisotopic (exact) mass is 856 g/mol. The number of carbonyl (C=O) groups is 2. The van der Waals surface area contributed by atoms with Crippen LogP contribution in [-0.4, -0.2) is 83.8 Å². The summed E-state index contributed by atoms with van der Waals surface area (Å²) in [6, 6.07) is 27.0. The van der Waals surface area contributed by atoms with Gasteiger partial charge in [-0.2, -0.15) is 0 Å². The van der Waals surface area contributed by atoms with E-state index in [1.54, 1.807) is 26.4 Å². The van der Waals surface area contributed by atoms with Crippen LogP contribution in [0.1, 0.15) is 108 Å². The summed E-state index contributed by atoms with van der Waals surface area (Å²) >= 11 is 0. The lowest BCUT2D eigenvalue weighted by Gasteiger charge is -2.52. The second-order valence-electron chi connectivity index (χ2n) is 18.7. The smallest absolute Gasteiger partial charge is 0.198 e. The molecule has 10 heteroatoms. The van der Waals surface area contributed by atoms with Crippen molar-refractivity contribution >= 4 is 33.4 Å². The first-order chi connectivity index (χ1) is 31.3.